The first-order valence-corrected chi connectivity index (χ1v) is 6.83. The molecule has 0 radical (unpaired) electrons. The molecule has 0 amide bonds. The van der Waals surface area contributed by atoms with Crippen LogP contribution in [0, 0.1) is 0 Å². The average Bonchev–Trinajstić information content (AvgIpc) is 2.72. The van der Waals surface area contributed by atoms with Crippen molar-refractivity contribution in [3.63, 3.8) is 0 Å². The topological polar surface area (TPSA) is 39.1 Å². The van der Waals surface area contributed by atoms with Crippen LogP contribution in [0.5, 0.6) is 0 Å². The maximum Gasteiger partial charge on any atom is 0.254 e. The average molecular weight is 268 g/mol. The van der Waals surface area contributed by atoms with Gasteiger partial charge in [-0.2, -0.15) is 0 Å². The first-order valence-electron chi connectivity index (χ1n) is 6.45. The van der Waals surface area contributed by atoms with E-state index in [1.165, 1.54) is 11.3 Å². The molecule has 1 aromatic heterocycles. The third kappa shape index (κ3) is 2.51. The molecular formula is C14H18ClNO2. The molecule has 1 aliphatic carbocycles. The third-order valence-electron chi connectivity index (χ3n) is 3.47. The lowest BCUT2D eigenvalue weighted by atomic mass is 10.1. The Hall–Kier alpha value is -1.09. The summed E-state index contributed by atoms with van der Waals surface area (Å²) in [6, 6.07) is 2.14. The van der Waals surface area contributed by atoms with Gasteiger partial charge in [-0.25, -0.2) is 0 Å². The van der Waals surface area contributed by atoms with Gasteiger partial charge in [0.15, 0.2) is 0 Å². The second-order valence-corrected chi connectivity index (χ2v) is 5.54. The molecule has 1 aliphatic rings. The lowest BCUT2D eigenvalue weighted by molar-refractivity contribution is -0.111. The van der Waals surface area contributed by atoms with Gasteiger partial charge in [0, 0.05) is 23.7 Å². The Morgan fingerprint density at radius 2 is 2.17 bits per heavy atom. The van der Waals surface area contributed by atoms with Gasteiger partial charge >= 0.3 is 0 Å². The molecule has 0 saturated heterocycles. The van der Waals surface area contributed by atoms with E-state index in [2.05, 4.69) is 0 Å². The molecule has 2 rings (SSSR count). The molecule has 18 heavy (non-hydrogen) atoms. The van der Waals surface area contributed by atoms with Crippen LogP contribution in [0.15, 0.2) is 10.9 Å². The highest BCUT2D eigenvalue weighted by molar-refractivity contribution is 6.63. The fourth-order valence-electron chi connectivity index (χ4n) is 2.69. The van der Waals surface area contributed by atoms with Gasteiger partial charge in [-0.05, 0) is 62.8 Å². The van der Waals surface area contributed by atoms with Crippen molar-refractivity contribution in [3.8, 4) is 0 Å². The van der Waals surface area contributed by atoms with Crippen LogP contribution in [0.3, 0.4) is 0 Å². The van der Waals surface area contributed by atoms with Crippen molar-refractivity contribution in [2.75, 3.05) is 0 Å². The summed E-state index contributed by atoms with van der Waals surface area (Å²) in [4.78, 5) is 23.2. The van der Waals surface area contributed by atoms with Crippen molar-refractivity contribution in [2.24, 2.45) is 0 Å². The number of halogens is 1. The number of hydrogen-bond acceptors (Lipinski definition) is 2. The number of aromatic nitrogens is 1. The predicted octanol–water partition coefficient (Wildman–Crippen LogP) is 2.62. The molecule has 98 valence electrons. The Morgan fingerprint density at radius 3 is 2.78 bits per heavy atom. The van der Waals surface area contributed by atoms with Gasteiger partial charge < -0.3 is 4.57 Å². The third-order valence-corrected chi connectivity index (χ3v) is 3.66. The van der Waals surface area contributed by atoms with Crippen LogP contribution >= 0.6 is 11.6 Å². The Kier molecular flexibility index (Phi) is 3.91. The standard InChI is InChI=1S/C14H18ClNO2/c1-9(2)16-12-5-3-4-10(12)8-11(14(16)18)6-7-13(15)17/h8-9H,3-7H2,1-2H3. The van der Waals surface area contributed by atoms with E-state index in [1.54, 1.807) is 0 Å². The minimum Gasteiger partial charge on any atom is -0.310 e. The SMILES string of the molecule is CC(C)n1c2c(cc(CCC(=O)Cl)c1=O)CCC2. The maximum absolute atomic E-state index is 12.4. The molecular weight excluding hydrogens is 250 g/mol. The molecule has 0 unspecified atom stereocenters. The van der Waals surface area contributed by atoms with Gasteiger partial charge in [0.05, 0.1) is 0 Å². The number of hydrogen-bond donors (Lipinski definition) is 0. The second kappa shape index (κ2) is 5.27. The summed E-state index contributed by atoms with van der Waals surface area (Å²) in [5, 5.41) is -0.383. The van der Waals surface area contributed by atoms with E-state index in [4.69, 9.17) is 11.6 Å². The molecule has 0 saturated carbocycles. The molecule has 0 aromatic carbocycles. The van der Waals surface area contributed by atoms with Gasteiger partial charge in [0.2, 0.25) is 5.24 Å². The maximum atomic E-state index is 12.4. The van der Waals surface area contributed by atoms with E-state index in [0.717, 1.165) is 24.8 Å². The predicted molar refractivity (Wildman–Crippen MR) is 72.3 cm³/mol. The fourth-order valence-corrected chi connectivity index (χ4v) is 2.78. The summed E-state index contributed by atoms with van der Waals surface area (Å²) in [7, 11) is 0. The van der Waals surface area contributed by atoms with Crippen molar-refractivity contribution in [1.29, 1.82) is 0 Å². The lowest BCUT2D eigenvalue weighted by Crippen LogP contribution is -2.28. The second-order valence-electron chi connectivity index (χ2n) is 5.12. The van der Waals surface area contributed by atoms with Gasteiger partial charge in [0.1, 0.15) is 0 Å². The number of nitrogens with zero attached hydrogens (tertiary/aromatic N) is 1. The Balaban J connectivity index is 2.46. The normalized spacial score (nSPS) is 14.0. The zero-order chi connectivity index (χ0) is 13.3. The molecule has 0 N–H and O–H groups in total. The van der Waals surface area contributed by atoms with Crippen molar-refractivity contribution in [1.82, 2.24) is 4.57 Å². The number of carbonyl (C=O) groups is 1. The van der Waals surface area contributed by atoms with Crippen LogP contribution in [0.25, 0.3) is 0 Å². The van der Waals surface area contributed by atoms with E-state index in [9.17, 15) is 9.59 Å². The first kappa shape index (κ1) is 13.3. The zero-order valence-corrected chi connectivity index (χ0v) is 11.6. The Bertz CT molecular complexity index is 531. The number of rotatable bonds is 4. The minimum absolute atomic E-state index is 0.0450. The molecule has 0 fully saturated rings. The highest BCUT2D eigenvalue weighted by atomic mass is 35.5. The van der Waals surface area contributed by atoms with Crippen molar-refractivity contribution < 1.29 is 4.79 Å². The van der Waals surface area contributed by atoms with E-state index in [-0.39, 0.29) is 23.3 Å². The smallest absolute Gasteiger partial charge is 0.254 e. The largest absolute Gasteiger partial charge is 0.310 e. The van der Waals surface area contributed by atoms with Crippen LogP contribution in [-0.2, 0) is 24.1 Å². The number of pyridine rings is 1. The van der Waals surface area contributed by atoms with E-state index < -0.39 is 0 Å². The van der Waals surface area contributed by atoms with Crippen molar-refractivity contribution in [2.45, 2.75) is 52.0 Å². The van der Waals surface area contributed by atoms with Gasteiger partial charge in [-0.15, -0.1) is 0 Å². The highest BCUT2D eigenvalue weighted by Crippen LogP contribution is 2.24. The Labute approximate surface area is 112 Å². The summed E-state index contributed by atoms with van der Waals surface area (Å²) in [6.07, 6.45) is 3.80. The fraction of sp³-hybridized carbons (Fsp3) is 0.571. The molecule has 1 heterocycles. The molecule has 3 nitrogen and oxygen atoms in total. The Morgan fingerprint density at radius 1 is 1.44 bits per heavy atom. The van der Waals surface area contributed by atoms with Crippen LogP contribution < -0.4 is 5.56 Å². The van der Waals surface area contributed by atoms with Crippen LogP contribution in [0.2, 0.25) is 0 Å². The van der Waals surface area contributed by atoms with Crippen LogP contribution in [-0.4, -0.2) is 9.81 Å². The lowest BCUT2D eigenvalue weighted by Gasteiger charge is -2.17. The van der Waals surface area contributed by atoms with Gasteiger partial charge in [0.25, 0.3) is 5.56 Å². The highest BCUT2D eigenvalue weighted by Gasteiger charge is 2.20. The molecule has 4 heteroatoms. The molecule has 1 aromatic rings. The van der Waals surface area contributed by atoms with E-state index in [1.807, 2.05) is 24.5 Å². The summed E-state index contributed by atoms with van der Waals surface area (Å²) < 4.78 is 1.89. The molecule has 0 aliphatic heterocycles. The first-order chi connectivity index (χ1) is 8.50. The number of aryl methyl sites for hydroxylation is 2. The van der Waals surface area contributed by atoms with Crippen molar-refractivity contribution >= 4 is 16.8 Å². The number of carbonyl (C=O) groups excluding carboxylic acids is 1. The molecule has 0 atom stereocenters. The minimum atomic E-state index is -0.383. The van der Waals surface area contributed by atoms with Crippen LogP contribution in [0.1, 0.15) is 49.6 Å². The van der Waals surface area contributed by atoms with Crippen molar-refractivity contribution in [3.05, 3.63) is 33.2 Å². The van der Waals surface area contributed by atoms with Crippen LogP contribution in [0.4, 0.5) is 0 Å². The van der Waals surface area contributed by atoms with Gasteiger partial charge in [-0.1, -0.05) is 0 Å². The zero-order valence-electron chi connectivity index (χ0n) is 10.8. The van der Waals surface area contributed by atoms with E-state index in [0.29, 0.717) is 6.42 Å². The number of fused-ring (bicyclic) bond motifs is 1. The summed E-state index contributed by atoms with van der Waals surface area (Å²) in [6.45, 7) is 4.05. The summed E-state index contributed by atoms with van der Waals surface area (Å²) in [5.41, 5.74) is 3.21. The summed E-state index contributed by atoms with van der Waals surface area (Å²) >= 11 is 5.35. The molecule has 0 bridgehead atoms. The molecule has 0 spiro atoms. The quantitative estimate of drug-likeness (QED) is 0.787. The van der Waals surface area contributed by atoms with Gasteiger partial charge in [-0.3, -0.25) is 9.59 Å². The monoisotopic (exact) mass is 267 g/mol. The summed E-state index contributed by atoms with van der Waals surface area (Å²) in [5.74, 6) is 0. The van der Waals surface area contributed by atoms with E-state index >= 15 is 0 Å².